The molecule has 0 saturated heterocycles. The first-order valence-corrected chi connectivity index (χ1v) is 13.5. The van der Waals surface area contributed by atoms with E-state index in [0.717, 1.165) is 16.7 Å². The van der Waals surface area contributed by atoms with Crippen LogP contribution in [0, 0.1) is 0 Å². The number of hydrogen-bond donors (Lipinski definition) is 2. The van der Waals surface area contributed by atoms with Crippen LogP contribution in [0.4, 0.5) is 5.69 Å². The predicted molar refractivity (Wildman–Crippen MR) is 160 cm³/mol. The maximum atomic E-state index is 13.4. The van der Waals surface area contributed by atoms with Gasteiger partial charge in [-0.2, -0.15) is 0 Å². The van der Waals surface area contributed by atoms with E-state index in [1.54, 1.807) is 54.0 Å². The van der Waals surface area contributed by atoms with E-state index in [9.17, 15) is 19.5 Å². The highest BCUT2D eigenvalue weighted by Crippen LogP contribution is 2.36. The number of carbonyl (C=O) groups is 3. The van der Waals surface area contributed by atoms with Crippen LogP contribution in [0.5, 0.6) is 0 Å². The van der Waals surface area contributed by atoms with Crippen LogP contribution in [-0.4, -0.2) is 34.1 Å². The summed E-state index contributed by atoms with van der Waals surface area (Å²) in [6.07, 6.45) is 0. The van der Waals surface area contributed by atoms with Gasteiger partial charge >= 0.3 is 11.9 Å². The van der Waals surface area contributed by atoms with Gasteiger partial charge in [-0.25, -0.2) is 9.59 Å². The Morgan fingerprint density at radius 3 is 2.17 bits per heavy atom. The molecular weight excluding hydrogens is 563 g/mol. The number of halogens is 2. The number of hydrogen-bond acceptors (Lipinski definition) is 4. The fourth-order valence-corrected chi connectivity index (χ4v) is 4.98. The smallest absolute Gasteiger partial charge is 0.357 e. The summed E-state index contributed by atoms with van der Waals surface area (Å²) in [7, 11) is 0. The number of esters is 1. The second kappa shape index (κ2) is 11.9. The summed E-state index contributed by atoms with van der Waals surface area (Å²) in [6, 6.07) is 25.8. The van der Waals surface area contributed by atoms with Crippen molar-refractivity contribution in [3.05, 3.63) is 123 Å². The Hall–Kier alpha value is -4.59. The molecule has 1 aromatic heterocycles. The van der Waals surface area contributed by atoms with E-state index in [1.807, 2.05) is 36.4 Å². The molecule has 1 amide bonds. The van der Waals surface area contributed by atoms with Crippen LogP contribution >= 0.6 is 23.2 Å². The molecular formula is C32H24Cl2N2O5. The monoisotopic (exact) mass is 586 g/mol. The predicted octanol–water partition coefficient (Wildman–Crippen LogP) is 7.79. The third-order valence-corrected chi connectivity index (χ3v) is 7.06. The number of anilines is 1. The Balaban J connectivity index is 1.70. The van der Waals surface area contributed by atoms with Gasteiger partial charge in [-0.15, -0.1) is 0 Å². The van der Waals surface area contributed by atoms with E-state index in [4.69, 9.17) is 27.9 Å². The quantitative estimate of drug-likeness (QED) is 0.181. The third-order valence-electron chi connectivity index (χ3n) is 6.57. The lowest BCUT2D eigenvalue weighted by Crippen LogP contribution is -2.18. The molecule has 1 heterocycles. The highest BCUT2D eigenvalue weighted by atomic mass is 35.5. The van der Waals surface area contributed by atoms with Crippen molar-refractivity contribution in [2.24, 2.45) is 0 Å². The topological polar surface area (TPSA) is 97.6 Å². The maximum absolute atomic E-state index is 13.4. The third kappa shape index (κ3) is 5.96. The zero-order valence-corrected chi connectivity index (χ0v) is 23.4. The van der Waals surface area contributed by atoms with Crippen molar-refractivity contribution in [2.45, 2.75) is 13.5 Å². The summed E-state index contributed by atoms with van der Waals surface area (Å²) >= 11 is 12.3. The molecule has 0 aliphatic heterocycles. The molecule has 0 fully saturated rings. The Labute approximate surface area is 245 Å². The van der Waals surface area contributed by atoms with E-state index in [1.165, 1.54) is 12.1 Å². The molecule has 7 nitrogen and oxygen atoms in total. The minimum absolute atomic E-state index is 0.142. The molecule has 0 saturated carbocycles. The van der Waals surface area contributed by atoms with Gasteiger partial charge in [0.2, 0.25) is 0 Å². The summed E-state index contributed by atoms with van der Waals surface area (Å²) < 4.78 is 7.24. The van der Waals surface area contributed by atoms with E-state index >= 15 is 0 Å². The molecule has 0 atom stereocenters. The average Bonchev–Trinajstić information content (AvgIpc) is 3.25. The second-order valence-corrected chi connectivity index (χ2v) is 10.1. The van der Waals surface area contributed by atoms with Crippen molar-refractivity contribution >= 4 is 57.6 Å². The zero-order chi connectivity index (χ0) is 29.1. The van der Waals surface area contributed by atoms with Crippen molar-refractivity contribution in [3.63, 3.8) is 0 Å². The van der Waals surface area contributed by atoms with Crippen LogP contribution < -0.4 is 5.32 Å². The minimum atomic E-state index is -1.01. The molecule has 0 aliphatic rings. The lowest BCUT2D eigenvalue weighted by molar-refractivity contribution is 0.0515. The molecule has 4 aromatic carbocycles. The largest absolute Gasteiger partial charge is 0.478 e. The second-order valence-electron chi connectivity index (χ2n) is 9.24. The van der Waals surface area contributed by atoms with Gasteiger partial charge in [0.25, 0.3) is 5.91 Å². The Morgan fingerprint density at radius 1 is 0.829 bits per heavy atom. The van der Waals surface area contributed by atoms with Crippen molar-refractivity contribution < 1.29 is 24.2 Å². The number of nitrogens with zero attached hydrogens (tertiary/aromatic N) is 1. The molecule has 0 radical (unpaired) electrons. The SMILES string of the molecule is CCOC(=O)c1c(NC(=O)c2ccc(Cl)cc2)c2ccc(-c3ccc(C(=O)O)cc3)cc2n1Cc1cccc(Cl)c1. The number of carboxylic acids is 1. The number of carbonyl (C=O) groups excluding carboxylic acids is 2. The number of fused-ring (bicyclic) bond motifs is 1. The van der Waals surface area contributed by atoms with Crippen molar-refractivity contribution in [2.75, 3.05) is 11.9 Å². The van der Waals surface area contributed by atoms with Gasteiger partial charge in [0.05, 0.1) is 23.4 Å². The van der Waals surface area contributed by atoms with E-state index in [-0.39, 0.29) is 24.4 Å². The first-order valence-electron chi connectivity index (χ1n) is 12.7. The molecule has 0 aliphatic carbocycles. The normalized spacial score (nSPS) is 10.9. The first-order chi connectivity index (χ1) is 19.7. The number of nitrogens with one attached hydrogen (secondary N) is 1. The fraction of sp³-hybridized carbons (Fsp3) is 0.0938. The maximum Gasteiger partial charge on any atom is 0.357 e. The number of rotatable bonds is 8. The number of amides is 1. The zero-order valence-electron chi connectivity index (χ0n) is 21.9. The molecule has 0 bridgehead atoms. The Kier molecular flexibility index (Phi) is 8.10. The van der Waals surface area contributed by atoms with Crippen LogP contribution in [0.15, 0.2) is 91.0 Å². The summed E-state index contributed by atoms with van der Waals surface area (Å²) in [6.45, 7) is 2.12. The molecule has 9 heteroatoms. The van der Waals surface area contributed by atoms with Gasteiger partial charge < -0.3 is 19.7 Å². The lowest BCUT2D eigenvalue weighted by Gasteiger charge is -2.13. The lowest BCUT2D eigenvalue weighted by atomic mass is 10.0. The number of ether oxygens (including phenoxy) is 1. The number of aromatic nitrogens is 1. The molecule has 41 heavy (non-hydrogen) atoms. The summed E-state index contributed by atoms with van der Waals surface area (Å²) in [5.41, 5.74) is 4.13. The van der Waals surface area contributed by atoms with Gasteiger partial charge in [0.15, 0.2) is 5.69 Å². The summed E-state index contributed by atoms with van der Waals surface area (Å²) in [5, 5.41) is 13.9. The molecule has 0 spiro atoms. The minimum Gasteiger partial charge on any atom is -0.478 e. The van der Waals surface area contributed by atoms with E-state index in [0.29, 0.717) is 32.2 Å². The molecule has 5 rings (SSSR count). The number of carboxylic acid groups (broad SMARTS) is 1. The standard InChI is InChI=1S/C32H24Cl2N2O5/c1-2-41-32(40)29-28(35-30(37)21-10-13-24(33)14-11-21)26-15-12-23(20-6-8-22(9-7-20)31(38)39)17-27(26)36(29)18-19-4-3-5-25(34)16-19/h3-17H,2,18H2,1H3,(H,35,37)(H,38,39). The highest BCUT2D eigenvalue weighted by molar-refractivity contribution is 6.31. The van der Waals surface area contributed by atoms with E-state index < -0.39 is 17.8 Å². The van der Waals surface area contributed by atoms with Crippen LogP contribution in [0.25, 0.3) is 22.0 Å². The summed E-state index contributed by atoms with van der Waals surface area (Å²) in [5.74, 6) is -2.02. The molecule has 206 valence electrons. The summed E-state index contributed by atoms with van der Waals surface area (Å²) in [4.78, 5) is 38.1. The molecule has 0 unspecified atom stereocenters. The number of benzene rings is 4. The van der Waals surface area contributed by atoms with Gasteiger partial charge in [0, 0.05) is 27.5 Å². The molecule has 5 aromatic rings. The highest BCUT2D eigenvalue weighted by Gasteiger charge is 2.26. The number of aromatic carboxylic acids is 1. The van der Waals surface area contributed by atoms with Crippen molar-refractivity contribution in [1.29, 1.82) is 0 Å². The van der Waals surface area contributed by atoms with Crippen LogP contribution in [0.1, 0.15) is 43.7 Å². The Morgan fingerprint density at radius 2 is 1.51 bits per heavy atom. The van der Waals surface area contributed by atoms with Gasteiger partial charge in [-0.05, 0) is 78.2 Å². The van der Waals surface area contributed by atoms with Gasteiger partial charge in [-0.1, -0.05) is 59.6 Å². The van der Waals surface area contributed by atoms with Crippen LogP contribution in [0.3, 0.4) is 0 Å². The fourth-order valence-electron chi connectivity index (χ4n) is 4.64. The van der Waals surface area contributed by atoms with E-state index in [2.05, 4.69) is 5.32 Å². The Bertz CT molecular complexity index is 1780. The van der Waals surface area contributed by atoms with Gasteiger partial charge in [-0.3, -0.25) is 4.79 Å². The molecule has 2 N–H and O–H groups in total. The average molecular weight is 587 g/mol. The van der Waals surface area contributed by atoms with Gasteiger partial charge in [0.1, 0.15) is 0 Å². The first kappa shape index (κ1) is 28.0. The van der Waals surface area contributed by atoms with Crippen LogP contribution in [0.2, 0.25) is 10.0 Å². The van der Waals surface area contributed by atoms with Crippen LogP contribution in [-0.2, 0) is 11.3 Å². The van der Waals surface area contributed by atoms with Crippen molar-refractivity contribution in [1.82, 2.24) is 4.57 Å². The van der Waals surface area contributed by atoms with Crippen molar-refractivity contribution in [3.8, 4) is 11.1 Å².